The van der Waals surface area contributed by atoms with Crippen LogP contribution in [0, 0.1) is 0 Å². The molecule has 0 heterocycles. The quantitative estimate of drug-likeness (QED) is 0.465. The fourth-order valence-corrected chi connectivity index (χ4v) is 4.11. The van der Waals surface area contributed by atoms with Gasteiger partial charge in [0, 0.05) is 0 Å². The molecule has 0 saturated heterocycles. The number of benzene rings is 3. The first-order valence-electron chi connectivity index (χ1n) is 9.23. The van der Waals surface area contributed by atoms with Crippen LogP contribution in [0.3, 0.4) is 0 Å². The van der Waals surface area contributed by atoms with Crippen LogP contribution in [0.25, 0.3) is 33.4 Å². The van der Waals surface area contributed by atoms with Crippen LogP contribution in [0.2, 0.25) is 0 Å². The Labute approximate surface area is 156 Å². The first-order chi connectivity index (χ1) is 12.6. The first-order valence-corrected chi connectivity index (χ1v) is 9.23. The molecular weight excluding hydrogens is 312 g/mol. The molecule has 0 saturated carbocycles. The summed E-state index contributed by atoms with van der Waals surface area (Å²) in [6, 6.07) is 22.1. The Morgan fingerprint density at radius 1 is 0.615 bits per heavy atom. The van der Waals surface area contributed by atoms with E-state index in [-0.39, 0.29) is 0 Å². The van der Waals surface area contributed by atoms with Gasteiger partial charge in [0.15, 0.2) is 0 Å². The van der Waals surface area contributed by atoms with Crippen molar-refractivity contribution in [2.45, 2.75) is 26.7 Å². The fourth-order valence-electron chi connectivity index (χ4n) is 4.11. The van der Waals surface area contributed by atoms with Gasteiger partial charge in [0.2, 0.25) is 0 Å². The third-order valence-electron chi connectivity index (χ3n) is 5.36. The summed E-state index contributed by atoms with van der Waals surface area (Å²) in [6.07, 6.45) is 2.11. The number of hydrogen-bond donors (Lipinski definition) is 0. The lowest BCUT2D eigenvalue weighted by molar-refractivity contribution is 0.960. The zero-order chi connectivity index (χ0) is 18.3. The number of allylic oxidation sites excluding steroid dienone is 2. The summed E-state index contributed by atoms with van der Waals surface area (Å²) in [4.78, 5) is 0. The molecule has 0 nitrogen and oxygen atoms in total. The zero-order valence-corrected chi connectivity index (χ0v) is 15.6. The number of rotatable bonds is 2. The van der Waals surface area contributed by atoms with Gasteiger partial charge in [-0.05, 0) is 71.2 Å². The number of aryl methyl sites for hydroxylation is 2. The van der Waals surface area contributed by atoms with Crippen LogP contribution >= 0.6 is 0 Å². The summed E-state index contributed by atoms with van der Waals surface area (Å²) in [5.74, 6) is 0. The van der Waals surface area contributed by atoms with E-state index in [1.165, 1.54) is 44.5 Å². The topological polar surface area (TPSA) is 0 Å². The summed E-state index contributed by atoms with van der Waals surface area (Å²) in [7, 11) is 0. The van der Waals surface area contributed by atoms with E-state index in [4.69, 9.17) is 0 Å². The van der Waals surface area contributed by atoms with Crippen LogP contribution < -0.4 is 0 Å². The Kier molecular flexibility index (Phi) is 4.12. The molecule has 0 aliphatic heterocycles. The Morgan fingerprint density at radius 3 is 1.38 bits per heavy atom. The molecule has 0 bridgehead atoms. The summed E-state index contributed by atoms with van der Waals surface area (Å²) in [5, 5.41) is 0. The number of hydrogen-bond acceptors (Lipinski definition) is 0. The molecule has 0 atom stereocenters. The van der Waals surface area contributed by atoms with E-state index in [0.717, 1.165) is 24.0 Å². The highest BCUT2D eigenvalue weighted by Gasteiger charge is 2.23. The van der Waals surface area contributed by atoms with Gasteiger partial charge in [-0.15, -0.1) is 0 Å². The molecule has 0 amide bonds. The van der Waals surface area contributed by atoms with Gasteiger partial charge >= 0.3 is 0 Å². The highest BCUT2D eigenvalue weighted by atomic mass is 14.3. The van der Waals surface area contributed by atoms with E-state index >= 15 is 0 Å². The molecule has 1 aliphatic carbocycles. The predicted molar refractivity (Wildman–Crippen MR) is 114 cm³/mol. The molecule has 0 fully saturated rings. The van der Waals surface area contributed by atoms with Crippen LogP contribution in [0.1, 0.15) is 36.1 Å². The summed E-state index contributed by atoms with van der Waals surface area (Å²) < 4.78 is 0. The normalized spacial score (nSPS) is 12.2. The molecular formula is C26H24. The van der Waals surface area contributed by atoms with Crippen molar-refractivity contribution in [3.8, 4) is 22.3 Å². The van der Waals surface area contributed by atoms with Crippen LogP contribution in [0.4, 0.5) is 0 Å². The minimum Gasteiger partial charge on any atom is -0.0955 e. The molecule has 0 radical (unpaired) electrons. The van der Waals surface area contributed by atoms with Gasteiger partial charge in [0.1, 0.15) is 0 Å². The number of fused-ring (bicyclic) bond motifs is 5. The van der Waals surface area contributed by atoms with Crippen LogP contribution in [0.5, 0.6) is 0 Å². The molecule has 0 spiro atoms. The summed E-state index contributed by atoms with van der Waals surface area (Å²) >= 11 is 0. The van der Waals surface area contributed by atoms with Crippen molar-refractivity contribution in [1.29, 1.82) is 0 Å². The largest absolute Gasteiger partial charge is 0.0955 e. The van der Waals surface area contributed by atoms with E-state index < -0.39 is 0 Å². The van der Waals surface area contributed by atoms with Crippen molar-refractivity contribution in [3.63, 3.8) is 0 Å². The van der Waals surface area contributed by atoms with Gasteiger partial charge in [-0.3, -0.25) is 0 Å². The van der Waals surface area contributed by atoms with Crippen LogP contribution in [-0.2, 0) is 12.8 Å². The van der Waals surface area contributed by atoms with Gasteiger partial charge in [-0.2, -0.15) is 0 Å². The first kappa shape index (κ1) is 16.6. The summed E-state index contributed by atoms with van der Waals surface area (Å²) in [5.41, 5.74) is 12.7. The van der Waals surface area contributed by atoms with Crippen molar-refractivity contribution in [2.24, 2.45) is 0 Å². The predicted octanol–water partition coefficient (Wildman–Crippen LogP) is 7.19. The second kappa shape index (κ2) is 6.46. The Balaban J connectivity index is 2.22. The minimum atomic E-state index is 1.06. The highest BCUT2D eigenvalue weighted by Crippen LogP contribution is 2.45. The second-order valence-corrected chi connectivity index (χ2v) is 7.29. The van der Waals surface area contributed by atoms with Crippen molar-refractivity contribution >= 4 is 11.1 Å². The van der Waals surface area contributed by atoms with E-state index in [1.54, 1.807) is 0 Å². The minimum absolute atomic E-state index is 1.06. The Morgan fingerprint density at radius 2 is 1.00 bits per heavy atom. The van der Waals surface area contributed by atoms with Crippen molar-refractivity contribution in [3.05, 3.63) is 96.1 Å². The lowest BCUT2D eigenvalue weighted by atomic mass is 9.78. The third-order valence-corrected chi connectivity index (χ3v) is 5.36. The maximum atomic E-state index is 4.27. The smallest absolute Gasteiger partial charge is 0.00214 e. The SMILES string of the molecule is C=C(C)c1ccc(C(=C)C)c2c1-c1ccccc1CCc1ccccc1-2. The Hall–Kier alpha value is -2.86. The average Bonchev–Trinajstić information content (AvgIpc) is 2.64. The van der Waals surface area contributed by atoms with Gasteiger partial charge in [-0.25, -0.2) is 0 Å². The Bertz CT molecular complexity index is 949. The lowest BCUT2D eigenvalue weighted by Crippen LogP contribution is -2.05. The molecule has 0 N–H and O–H groups in total. The van der Waals surface area contributed by atoms with E-state index in [1.807, 2.05) is 0 Å². The van der Waals surface area contributed by atoms with E-state index in [9.17, 15) is 0 Å². The van der Waals surface area contributed by atoms with Crippen LogP contribution in [-0.4, -0.2) is 0 Å². The lowest BCUT2D eigenvalue weighted by Gasteiger charge is -2.25. The standard InChI is InChI=1S/C26H24/c1-17(2)21-15-16-22(18(3)4)26-24-12-8-6-10-20(24)14-13-19-9-5-7-11-23(19)25(21)26/h5-12,15-16H,1,3,13-14H2,2,4H3. The van der Waals surface area contributed by atoms with E-state index in [0.29, 0.717) is 0 Å². The average molecular weight is 336 g/mol. The molecule has 3 aromatic carbocycles. The molecule has 3 aromatic rings. The molecule has 26 heavy (non-hydrogen) atoms. The van der Waals surface area contributed by atoms with Crippen LogP contribution in [0.15, 0.2) is 73.8 Å². The van der Waals surface area contributed by atoms with Crippen molar-refractivity contribution in [1.82, 2.24) is 0 Å². The molecule has 0 heteroatoms. The fraction of sp³-hybridized carbons (Fsp3) is 0.154. The van der Waals surface area contributed by atoms with Gasteiger partial charge < -0.3 is 0 Å². The summed E-state index contributed by atoms with van der Waals surface area (Å²) in [6.45, 7) is 12.7. The molecule has 0 unspecified atom stereocenters. The molecule has 4 rings (SSSR count). The highest BCUT2D eigenvalue weighted by molar-refractivity contribution is 5.98. The monoisotopic (exact) mass is 336 g/mol. The molecule has 0 aromatic heterocycles. The maximum Gasteiger partial charge on any atom is -0.00214 e. The third kappa shape index (κ3) is 2.63. The zero-order valence-electron chi connectivity index (χ0n) is 15.6. The van der Waals surface area contributed by atoms with E-state index in [2.05, 4.69) is 87.7 Å². The van der Waals surface area contributed by atoms with Gasteiger partial charge in [-0.1, -0.05) is 85.0 Å². The van der Waals surface area contributed by atoms with Gasteiger partial charge in [0.05, 0.1) is 0 Å². The van der Waals surface area contributed by atoms with Crippen molar-refractivity contribution < 1.29 is 0 Å². The molecule has 128 valence electrons. The molecule has 1 aliphatic rings. The maximum absolute atomic E-state index is 4.27. The van der Waals surface area contributed by atoms with Crippen molar-refractivity contribution in [2.75, 3.05) is 0 Å². The van der Waals surface area contributed by atoms with Gasteiger partial charge in [0.25, 0.3) is 0 Å². The second-order valence-electron chi connectivity index (χ2n) is 7.29.